The first-order valence-corrected chi connectivity index (χ1v) is 6.56. The summed E-state index contributed by atoms with van der Waals surface area (Å²) in [5.74, 6) is 0. The van der Waals surface area contributed by atoms with Crippen molar-refractivity contribution in [3.8, 4) is 0 Å². The van der Waals surface area contributed by atoms with Crippen LogP contribution in [0.25, 0.3) is 0 Å². The predicted molar refractivity (Wildman–Crippen MR) is 74.8 cm³/mol. The Labute approximate surface area is 110 Å². The first-order valence-electron chi connectivity index (χ1n) is 6.56. The number of aromatic nitrogens is 1. The van der Waals surface area contributed by atoms with Crippen molar-refractivity contribution >= 4 is 0 Å². The Hall–Kier alpha value is -0.970. The van der Waals surface area contributed by atoms with E-state index in [9.17, 15) is 0 Å². The number of likely N-dealkylation sites (N-methyl/N-ethyl adjacent to an activating group) is 2. The number of hydrogen-bond acceptors (Lipinski definition) is 4. The average molecular weight is 251 g/mol. The van der Waals surface area contributed by atoms with E-state index in [2.05, 4.69) is 41.3 Å². The molecule has 1 aromatic rings. The van der Waals surface area contributed by atoms with E-state index in [0.29, 0.717) is 6.04 Å². The number of hydrogen-bond donors (Lipinski definition) is 1. The van der Waals surface area contributed by atoms with Crippen molar-refractivity contribution in [1.29, 1.82) is 0 Å². The van der Waals surface area contributed by atoms with Crippen LogP contribution in [0, 0.1) is 0 Å². The third-order valence-corrected chi connectivity index (χ3v) is 2.92. The van der Waals surface area contributed by atoms with E-state index in [-0.39, 0.29) is 0 Å². The van der Waals surface area contributed by atoms with Crippen LogP contribution in [-0.4, -0.2) is 56.3 Å². The predicted octanol–water partition coefficient (Wildman–Crippen LogP) is 1.18. The van der Waals surface area contributed by atoms with Gasteiger partial charge in [0.25, 0.3) is 0 Å². The molecular formula is C14H25N3O. The van der Waals surface area contributed by atoms with Gasteiger partial charge in [-0.2, -0.15) is 0 Å². The summed E-state index contributed by atoms with van der Waals surface area (Å²) in [5.41, 5.74) is 1.34. The van der Waals surface area contributed by atoms with Crippen LogP contribution >= 0.6 is 0 Å². The first kappa shape index (κ1) is 15.1. The van der Waals surface area contributed by atoms with Gasteiger partial charge in [0.1, 0.15) is 0 Å². The lowest BCUT2D eigenvalue weighted by molar-refractivity contribution is 0.147. The van der Waals surface area contributed by atoms with Gasteiger partial charge in [-0.3, -0.25) is 4.98 Å². The van der Waals surface area contributed by atoms with Crippen LogP contribution in [0.4, 0.5) is 0 Å². The van der Waals surface area contributed by atoms with E-state index in [0.717, 1.165) is 32.7 Å². The molecule has 1 aromatic heterocycles. The molecule has 1 heterocycles. The molecule has 0 aliphatic carbocycles. The lowest BCUT2D eigenvalue weighted by atomic mass is 10.2. The molecule has 18 heavy (non-hydrogen) atoms. The minimum atomic E-state index is 0.405. The van der Waals surface area contributed by atoms with Gasteiger partial charge in [-0.15, -0.1) is 0 Å². The van der Waals surface area contributed by atoms with Crippen molar-refractivity contribution in [2.75, 3.05) is 40.4 Å². The highest BCUT2D eigenvalue weighted by molar-refractivity contribution is 5.09. The number of nitrogens with one attached hydrogen (secondary N) is 1. The maximum absolute atomic E-state index is 5.22. The Morgan fingerprint density at radius 3 is 2.72 bits per heavy atom. The summed E-state index contributed by atoms with van der Waals surface area (Å²) in [4.78, 5) is 6.37. The van der Waals surface area contributed by atoms with E-state index in [1.807, 2.05) is 12.4 Å². The first-order chi connectivity index (χ1) is 8.76. The molecule has 1 atom stereocenters. The Bertz CT molecular complexity index is 299. The smallest absolute Gasteiger partial charge is 0.0628 e. The van der Waals surface area contributed by atoms with Gasteiger partial charge in [0.05, 0.1) is 6.61 Å². The fraction of sp³-hybridized carbons (Fsp3) is 0.643. The van der Waals surface area contributed by atoms with Crippen LogP contribution < -0.4 is 5.32 Å². The van der Waals surface area contributed by atoms with Crippen LogP contribution in [0.3, 0.4) is 0 Å². The van der Waals surface area contributed by atoms with Crippen molar-refractivity contribution < 1.29 is 4.74 Å². The van der Waals surface area contributed by atoms with Crippen LogP contribution in [-0.2, 0) is 11.2 Å². The van der Waals surface area contributed by atoms with Crippen molar-refractivity contribution in [3.05, 3.63) is 30.1 Å². The molecule has 0 aliphatic heterocycles. The quantitative estimate of drug-likeness (QED) is 0.715. The number of methoxy groups -OCH3 is 1. The molecule has 1 N–H and O–H groups in total. The van der Waals surface area contributed by atoms with Crippen LogP contribution in [0.5, 0.6) is 0 Å². The lowest BCUT2D eigenvalue weighted by Crippen LogP contribution is -2.43. The van der Waals surface area contributed by atoms with E-state index < -0.39 is 0 Å². The van der Waals surface area contributed by atoms with Crippen molar-refractivity contribution in [2.45, 2.75) is 19.4 Å². The highest BCUT2D eigenvalue weighted by Gasteiger charge is 2.09. The van der Waals surface area contributed by atoms with Gasteiger partial charge in [-0.1, -0.05) is 6.92 Å². The number of nitrogens with zero attached hydrogens (tertiary/aromatic N) is 2. The zero-order valence-electron chi connectivity index (χ0n) is 11.7. The van der Waals surface area contributed by atoms with E-state index in [4.69, 9.17) is 4.74 Å². The van der Waals surface area contributed by atoms with Crippen molar-refractivity contribution in [1.82, 2.24) is 15.2 Å². The summed E-state index contributed by atoms with van der Waals surface area (Å²) in [7, 11) is 3.91. The molecule has 0 aromatic carbocycles. The second kappa shape index (κ2) is 9.03. The molecule has 0 fully saturated rings. The second-order valence-corrected chi connectivity index (χ2v) is 4.58. The molecule has 4 nitrogen and oxygen atoms in total. The monoisotopic (exact) mass is 251 g/mol. The molecule has 0 aliphatic rings. The summed E-state index contributed by atoms with van der Waals surface area (Å²) in [5, 5.41) is 3.44. The lowest BCUT2D eigenvalue weighted by Gasteiger charge is -2.24. The third kappa shape index (κ3) is 6.10. The fourth-order valence-corrected chi connectivity index (χ4v) is 2.00. The largest absolute Gasteiger partial charge is 0.383 e. The molecule has 1 rings (SSSR count). The zero-order chi connectivity index (χ0) is 13.2. The summed E-state index contributed by atoms with van der Waals surface area (Å²) < 4.78 is 5.22. The van der Waals surface area contributed by atoms with E-state index in [1.54, 1.807) is 7.11 Å². The average Bonchev–Trinajstić information content (AvgIpc) is 2.38. The summed E-state index contributed by atoms with van der Waals surface area (Å²) in [6, 6.07) is 4.55. The molecule has 0 spiro atoms. The van der Waals surface area contributed by atoms with Gasteiger partial charge < -0.3 is 15.0 Å². The maximum atomic E-state index is 5.22. The maximum Gasteiger partial charge on any atom is 0.0628 e. The SMILES string of the molecule is CCNC(COC)CN(C)CCc1ccncc1. The van der Waals surface area contributed by atoms with Crippen LogP contribution in [0.1, 0.15) is 12.5 Å². The molecule has 4 heteroatoms. The molecule has 1 unspecified atom stereocenters. The van der Waals surface area contributed by atoms with Gasteiger partial charge >= 0.3 is 0 Å². The highest BCUT2D eigenvalue weighted by atomic mass is 16.5. The summed E-state index contributed by atoms with van der Waals surface area (Å²) in [6.45, 7) is 5.92. The van der Waals surface area contributed by atoms with Gasteiger partial charge in [0.2, 0.25) is 0 Å². The summed E-state index contributed by atoms with van der Waals surface area (Å²) >= 11 is 0. The zero-order valence-corrected chi connectivity index (χ0v) is 11.7. The Balaban J connectivity index is 2.29. The minimum absolute atomic E-state index is 0.405. The molecule has 0 radical (unpaired) electrons. The fourth-order valence-electron chi connectivity index (χ4n) is 2.00. The second-order valence-electron chi connectivity index (χ2n) is 4.58. The summed E-state index contributed by atoms with van der Waals surface area (Å²) in [6.07, 6.45) is 4.76. The number of rotatable bonds is 9. The number of pyridine rings is 1. The minimum Gasteiger partial charge on any atom is -0.383 e. The van der Waals surface area contributed by atoms with Gasteiger partial charge in [0.15, 0.2) is 0 Å². The Morgan fingerprint density at radius 1 is 1.39 bits per heavy atom. The van der Waals surface area contributed by atoms with Gasteiger partial charge in [0, 0.05) is 38.6 Å². The van der Waals surface area contributed by atoms with Gasteiger partial charge in [-0.25, -0.2) is 0 Å². The topological polar surface area (TPSA) is 37.4 Å². The standard InChI is InChI=1S/C14H25N3O/c1-4-16-14(12-18-3)11-17(2)10-7-13-5-8-15-9-6-13/h5-6,8-9,14,16H,4,7,10-12H2,1-3H3. The molecule has 102 valence electrons. The van der Waals surface area contributed by atoms with Crippen LogP contribution in [0.15, 0.2) is 24.5 Å². The van der Waals surface area contributed by atoms with E-state index in [1.165, 1.54) is 5.56 Å². The normalized spacial score (nSPS) is 12.9. The molecule has 0 saturated carbocycles. The molecule has 0 bridgehead atoms. The molecular weight excluding hydrogens is 226 g/mol. The van der Waals surface area contributed by atoms with E-state index >= 15 is 0 Å². The Kier molecular flexibility index (Phi) is 7.57. The number of ether oxygens (including phenoxy) is 1. The van der Waals surface area contributed by atoms with Crippen molar-refractivity contribution in [3.63, 3.8) is 0 Å². The molecule has 0 amide bonds. The van der Waals surface area contributed by atoms with Crippen molar-refractivity contribution in [2.24, 2.45) is 0 Å². The molecule has 0 saturated heterocycles. The highest BCUT2D eigenvalue weighted by Crippen LogP contribution is 1.99. The van der Waals surface area contributed by atoms with Gasteiger partial charge in [-0.05, 0) is 37.7 Å². The third-order valence-electron chi connectivity index (χ3n) is 2.92. The van der Waals surface area contributed by atoms with Crippen LogP contribution in [0.2, 0.25) is 0 Å². The Morgan fingerprint density at radius 2 is 2.11 bits per heavy atom.